The molecule has 4 rings (SSSR count). The number of hydrogen-bond acceptors (Lipinski definition) is 5. The Morgan fingerprint density at radius 1 is 1.26 bits per heavy atom. The average Bonchev–Trinajstić information content (AvgIpc) is 3.41. The molecule has 1 amide bonds. The zero-order chi connectivity index (χ0) is 24.5. The van der Waals surface area contributed by atoms with Crippen LogP contribution in [0.1, 0.15) is 47.2 Å². The summed E-state index contributed by atoms with van der Waals surface area (Å²) >= 11 is 0. The highest BCUT2D eigenvalue weighted by atomic mass is 19.3. The van der Waals surface area contributed by atoms with Gasteiger partial charge in [-0.1, -0.05) is 0 Å². The van der Waals surface area contributed by atoms with E-state index in [9.17, 15) is 18.4 Å². The monoisotopic (exact) mass is 470 g/mol. The summed E-state index contributed by atoms with van der Waals surface area (Å²) < 4.78 is 27.8. The Morgan fingerprint density at radius 3 is 2.68 bits per heavy atom. The number of H-pyrrole nitrogens is 1. The fraction of sp³-hybridized carbons (Fsp3) is 0.417. The molecule has 2 aliphatic rings. The summed E-state index contributed by atoms with van der Waals surface area (Å²) in [5.74, 6) is -3.08. The van der Waals surface area contributed by atoms with E-state index in [1.54, 1.807) is 18.2 Å². The first-order chi connectivity index (χ1) is 16.2. The number of nitrogens with zero attached hydrogens (tertiary/aromatic N) is 2. The van der Waals surface area contributed by atoms with Crippen LogP contribution in [0, 0.1) is 12.3 Å². The molecule has 1 aromatic carbocycles. The normalized spacial score (nSPS) is 21.3. The highest BCUT2D eigenvalue weighted by Gasteiger charge is 2.46. The zero-order valence-corrected chi connectivity index (χ0v) is 19.0. The Hall–Kier alpha value is -3.56. The second kappa shape index (κ2) is 9.36. The Bertz CT molecular complexity index is 1170. The summed E-state index contributed by atoms with van der Waals surface area (Å²) in [6.45, 7) is 6.74. The van der Waals surface area contributed by atoms with E-state index in [4.69, 9.17) is 5.41 Å². The number of hydrogen-bond donors (Lipinski definition) is 4. The van der Waals surface area contributed by atoms with Gasteiger partial charge in [0.05, 0.1) is 17.8 Å². The molecule has 1 aromatic heterocycles. The molecule has 10 heteroatoms. The Kier molecular flexibility index (Phi) is 6.49. The van der Waals surface area contributed by atoms with Crippen molar-refractivity contribution < 1.29 is 13.6 Å². The topological polar surface area (TPSA) is 113 Å². The van der Waals surface area contributed by atoms with Crippen LogP contribution in [-0.4, -0.2) is 59.4 Å². The molecule has 1 saturated heterocycles. The van der Waals surface area contributed by atoms with Crippen molar-refractivity contribution in [3.8, 4) is 0 Å². The lowest BCUT2D eigenvalue weighted by Crippen LogP contribution is -2.31. The minimum Gasteiger partial charge on any atom is -0.379 e. The van der Waals surface area contributed by atoms with Crippen molar-refractivity contribution in [1.29, 1.82) is 5.41 Å². The van der Waals surface area contributed by atoms with Gasteiger partial charge in [0.2, 0.25) is 0 Å². The number of carbonyl (C=O) groups is 1. The molecule has 2 atom stereocenters. The van der Waals surface area contributed by atoms with Crippen molar-refractivity contribution in [1.82, 2.24) is 9.88 Å². The van der Waals surface area contributed by atoms with Gasteiger partial charge in [0.15, 0.2) is 0 Å². The first-order valence-corrected chi connectivity index (χ1v) is 11.3. The number of carbonyl (C=O) groups excluding carboxylic acids is 1. The van der Waals surface area contributed by atoms with E-state index >= 15 is 0 Å². The molecule has 1 saturated carbocycles. The number of halogens is 2. The summed E-state index contributed by atoms with van der Waals surface area (Å²) in [6.07, 6.45) is 2.56. The van der Waals surface area contributed by atoms with Gasteiger partial charge in [-0.05, 0) is 56.3 Å². The molecular formula is C24H28F2N6O2. The highest BCUT2D eigenvalue weighted by molar-refractivity contribution is 6.09. The van der Waals surface area contributed by atoms with Crippen LogP contribution in [0.5, 0.6) is 0 Å². The number of nitrogens with one attached hydrogen (secondary N) is 4. The summed E-state index contributed by atoms with van der Waals surface area (Å²) in [6, 6.07) is 5.27. The van der Waals surface area contributed by atoms with Gasteiger partial charge in [-0.2, -0.15) is 0 Å². The highest BCUT2D eigenvalue weighted by Crippen LogP contribution is 2.38. The van der Waals surface area contributed by atoms with E-state index in [1.807, 2.05) is 11.8 Å². The molecule has 0 bridgehead atoms. The first kappa shape index (κ1) is 23.6. The molecule has 180 valence electrons. The van der Waals surface area contributed by atoms with Gasteiger partial charge in [0, 0.05) is 43.4 Å². The molecular weight excluding hydrogens is 442 g/mol. The zero-order valence-electron chi connectivity index (χ0n) is 19.0. The van der Waals surface area contributed by atoms with Crippen LogP contribution in [0.2, 0.25) is 0 Å². The first-order valence-electron chi connectivity index (χ1n) is 11.3. The number of rotatable bonds is 6. The number of aliphatic imine (C=N–C) groups is 1. The minimum atomic E-state index is -2.87. The standard InChI is InChI=1S/C24H28F2N6O2/c1-14-11-15(5-6-16(14)23(34)32-9-3-4-10-32)30-21(27)20-17(7-8-29-22(20)33)31-19-13-24(25,26)12-18(19)28-2/h5-8,11,18-19H,2-4,9-10,12-13H2,1H3,(H2,27,30)(H2,29,31,33)/t18-,19-/m0/s1. The summed E-state index contributed by atoms with van der Waals surface area (Å²) in [4.78, 5) is 33.5. The number of aromatic amines is 1. The number of alkyl halides is 2. The van der Waals surface area contributed by atoms with E-state index in [1.165, 1.54) is 12.3 Å². The third kappa shape index (κ3) is 4.85. The Balaban J connectivity index is 1.53. The largest absolute Gasteiger partial charge is 0.379 e. The van der Waals surface area contributed by atoms with E-state index in [0.29, 0.717) is 11.3 Å². The van der Waals surface area contributed by atoms with Crippen LogP contribution in [0.3, 0.4) is 0 Å². The molecule has 2 heterocycles. The SMILES string of the molecule is C=N[C@H]1CC(F)(F)C[C@@H]1Nc1cc[nH]c(=O)c1C(=N)Nc1ccc(C(=O)N2CCCC2)c(C)c1. The van der Waals surface area contributed by atoms with Gasteiger partial charge < -0.3 is 20.5 Å². The summed E-state index contributed by atoms with van der Waals surface area (Å²) in [7, 11) is 0. The van der Waals surface area contributed by atoms with E-state index < -0.39 is 36.4 Å². The average molecular weight is 471 g/mol. The molecule has 2 fully saturated rings. The molecule has 2 aromatic rings. The Labute approximate surface area is 196 Å². The maximum Gasteiger partial charge on any atom is 0.261 e. The number of benzene rings is 1. The molecule has 8 nitrogen and oxygen atoms in total. The molecule has 4 N–H and O–H groups in total. The van der Waals surface area contributed by atoms with Crippen molar-refractivity contribution in [3.63, 3.8) is 0 Å². The van der Waals surface area contributed by atoms with Crippen LogP contribution in [0.4, 0.5) is 20.2 Å². The van der Waals surface area contributed by atoms with E-state index in [2.05, 4.69) is 27.3 Å². The number of likely N-dealkylation sites (tertiary alicyclic amines) is 1. The third-order valence-corrected chi connectivity index (χ3v) is 6.40. The molecule has 1 aliphatic carbocycles. The lowest BCUT2D eigenvalue weighted by molar-refractivity contribution is 0.00742. The van der Waals surface area contributed by atoms with Crippen molar-refractivity contribution in [2.45, 2.75) is 50.6 Å². The molecule has 34 heavy (non-hydrogen) atoms. The number of aromatic nitrogens is 1. The number of anilines is 2. The van der Waals surface area contributed by atoms with Crippen LogP contribution in [0.25, 0.3) is 0 Å². The number of amidine groups is 1. The molecule has 1 aliphatic heterocycles. The summed E-state index contributed by atoms with van der Waals surface area (Å²) in [5, 5.41) is 14.4. The number of pyridine rings is 1. The second-order valence-corrected chi connectivity index (χ2v) is 8.89. The van der Waals surface area contributed by atoms with Crippen LogP contribution >= 0.6 is 0 Å². The van der Waals surface area contributed by atoms with Gasteiger partial charge >= 0.3 is 0 Å². The van der Waals surface area contributed by atoms with Crippen molar-refractivity contribution in [2.24, 2.45) is 4.99 Å². The van der Waals surface area contributed by atoms with E-state index in [-0.39, 0.29) is 23.0 Å². The maximum atomic E-state index is 13.9. The Morgan fingerprint density at radius 2 is 2.00 bits per heavy atom. The van der Waals surface area contributed by atoms with Gasteiger partial charge in [0.1, 0.15) is 11.4 Å². The minimum absolute atomic E-state index is 0.00426. The van der Waals surface area contributed by atoms with Crippen LogP contribution in [-0.2, 0) is 0 Å². The van der Waals surface area contributed by atoms with Crippen LogP contribution in [0.15, 0.2) is 40.2 Å². The van der Waals surface area contributed by atoms with Gasteiger partial charge in [-0.3, -0.25) is 20.0 Å². The van der Waals surface area contributed by atoms with Gasteiger partial charge in [-0.15, -0.1) is 0 Å². The third-order valence-electron chi connectivity index (χ3n) is 6.40. The van der Waals surface area contributed by atoms with Gasteiger partial charge in [-0.25, -0.2) is 8.78 Å². The maximum absolute atomic E-state index is 13.9. The molecule has 0 spiro atoms. The lowest BCUT2D eigenvalue weighted by atomic mass is 10.1. The fourth-order valence-electron chi connectivity index (χ4n) is 4.65. The van der Waals surface area contributed by atoms with Crippen LogP contribution < -0.4 is 16.2 Å². The van der Waals surface area contributed by atoms with Crippen molar-refractivity contribution in [3.05, 3.63) is 57.5 Å². The predicted octanol–water partition coefficient (Wildman–Crippen LogP) is 3.64. The van der Waals surface area contributed by atoms with E-state index in [0.717, 1.165) is 31.5 Å². The quantitative estimate of drug-likeness (QED) is 0.381. The second-order valence-electron chi connectivity index (χ2n) is 8.89. The van der Waals surface area contributed by atoms with Crippen molar-refractivity contribution in [2.75, 3.05) is 23.7 Å². The molecule has 0 unspecified atom stereocenters. The lowest BCUT2D eigenvalue weighted by Gasteiger charge is -2.21. The molecule has 0 radical (unpaired) electrons. The predicted molar refractivity (Wildman–Crippen MR) is 129 cm³/mol. The van der Waals surface area contributed by atoms with Crippen molar-refractivity contribution >= 4 is 29.8 Å². The number of aryl methyl sites for hydroxylation is 1. The van der Waals surface area contributed by atoms with Gasteiger partial charge in [0.25, 0.3) is 17.4 Å². The summed E-state index contributed by atoms with van der Waals surface area (Å²) in [5.41, 5.74) is 1.61. The smallest absolute Gasteiger partial charge is 0.261 e. The fourth-order valence-corrected chi connectivity index (χ4v) is 4.65. The number of amides is 1.